The quantitative estimate of drug-likeness (QED) is 0.0910. The minimum atomic E-state index is -0.0129. The summed E-state index contributed by atoms with van der Waals surface area (Å²) in [6.07, 6.45) is 25.0. The summed E-state index contributed by atoms with van der Waals surface area (Å²) in [6.45, 7) is 7.77. The first-order valence-corrected chi connectivity index (χ1v) is 14.9. The molecule has 34 heavy (non-hydrogen) atoms. The predicted molar refractivity (Wildman–Crippen MR) is 144 cm³/mol. The van der Waals surface area contributed by atoms with E-state index < -0.39 is 0 Å². The van der Waals surface area contributed by atoms with Gasteiger partial charge in [0.05, 0.1) is 13.2 Å². The maximum Gasteiger partial charge on any atom is 0.306 e. The van der Waals surface area contributed by atoms with E-state index in [0.29, 0.717) is 32.0 Å². The second kappa shape index (κ2) is 26.5. The van der Waals surface area contributed by atoms with E-state index in [1.807, 2.05) is 0 Å². The van der Waals surface area contributed by atoms with Crippen molar-refractivity contribution in [2.45, 2.75) is 162 Å². The number of carbonyl (C=O) groups is 2. The predicted octanol–water partition coefficient (Wildman–Crippen LogP) is 9.33. The van der Waals surface area contributed by atoms with Crippen molar-refractivity contribution in [1.29, 1.82) is 0 Å². The third-order valence-corrected chi connectivity index (χ3v) is 6.80. The first-order chi connectivity index (χ1) is 16.6. The van der Waals surface area contributed by atoms with Crippen molar-refractivity contribution >= 4 is 11.9 Å². The Hall–Kier alpha value is -1.06. The normalized spacial score (nSPS) is 12.0. The molecule has 4 nitrogen and oxygen atoms in total. The van der Waals surface area contributed by atoms with Gasteiger partial charge in [0.25, 0.3) is 0 Å². The number of esters is 2. The van der Waals surface area contributed by atoms with Crippen LogP contribution in [0.4, 0.5) is 0 Å². The van der Waals surface area contributed by atoms with E-state index >= 15 is 0 Å². The molecule has 0 aromatic heterocycles. The van der Waals surface area contributed by atoms with Crippen LogP contribution in [0.15, 0.2) is 0 Å². The Morgan fingerprint density at radius 2 is 0.971 bits per heavy atom. The van der Waals surface area contributed by atoms with Gasteiger partial charge in [-0.3, -0.25) is 9.59 Å². The van der Waals surface area contributed by atoms with E-state index in [-0.39, 0.29) is 11.9 Å². The molecular weight excluding hydrogens is 424 g/mol. The van der Waals surface area contributed by atoms with Gasteiger partial charge in [-0.25, -0.2) is 0 Å². The van der Waals surface area contributed by atoms with Crippen molar-refractivity contribution in [3.05, 3.63) is 0 Å². The van der Waals surface area contributed by atoms with Gasteiger partial charge in [-0.2, -0.15) is 0 Å². The second-order valence-corrected chi connectivity index (χ2v) is 10.1. The molecule has 0 saturated carbocycles. The molecule has 0 aliphatic heterocycles. The third kappa shape index (κ3) is 24.1. The van der Waals surface area contributed by atoms with Crippen LogP contribution in [0.5, 0.6) is 0 Å². The lowest BCUT2D eigenvalue weighted by Gasteiger charge is -2.14. The summed E-state index contributed by atoms with van der Waals surface area (Å²) < 4.78 is 10.7. The number of unbranched alkanes of at least 4 members (excludes halogenated alkanes) is 15. The molecule has 0 radical (unpaired) electrons. The van der Waals surface area contributed by atoms with Crippen LogP contribution in [-0.4, -0.2) is 25.2 Å². The van der Waals surface area contributed by atoms with Crippen LogP contribution in [-0.2, 0) is 19.1 Å². The Labute approximate surface area is 212 Å². The van der Waals surface area contributed by atoms with E-state index in [0.717, 1.165) is 44.9 Å². The van der Waals surface area contributed by atoms with Gasteiger partial charge in [0.2, 0.25) is 0 Å². The van der Waals surface area contributed by atoms with E-state index in [2.05, 4.69) is 20.8 Å². The Morgan fingerprint density at radius 3 is 1.47 bits per heavy atom. The summed E-state index contributed by atoms with van der Waals surface area (Å²) in [6, 6.07) is 0. The largest absolute Gasteiger partial charge is 0.466 e. The van der Waals surface area contributed by atoms with Gasteiger partial charge in [-0.1, -0.05) is 124 Å². The molecule has 0 aliphatic rings. The molecule has 0 bridgehead atoms. The molecule has 0 rings (SSSR count). The van der Waals surface area contributed by atoms with Crippen LogP contribution in [0.3, 0.4) is 0 Å². The minimum Gasteiger partial charge on any atom is -0.466 e. The van der Waals surface area contributed by atoms with Crippen molar-refractivity contribution in [3.8, 4) is 0 Å². The summed E-state index contributed by atoms with van der Waals surface area (Å²) in [5.41, 5.74) is 0. The highest BCUT2D eigenvalue weighted by atomic mass is 16.5. The van der Waals surface area contributed by atoms with Gasteiger partial charge in [-0.05, 0) is 31.6 Å². The number of hydrogen-bond donors (Lipinski definition) is 0. The molecule has 0 spiro atoms. The molecule has 1 atom stereocenters. The van der Waals surface area contributed by atoms with Crippen molar-refractivity contribution in [2.75, 3.05) is 13.2 Å². The molecule has 0 aromatic rings. The Kier molecular flexibility index (Phi) is 25.7. The van der Waals surface area contributed by atoms with Gasteiger partial charge in [0.1, 0.15) is 0 Å². The Balaban J connectivity index is 3.42. The number of hydrogen-bond acceptors (Lipinski definition) is 4. The lowest BCUT2D eigenvalue weighted by atomic mass is 9.95. The average molecular weight is 483 g/mol. The van der Waals surface area contributed by atoms with Crippen molar-refractivity contribution in [1.82, 2.24) is 0 Å². The van der Waals surface area contributed by atoms with Gasteiger partial charge in [-0.15, -0.1) is 0 Å². The topological polar surface area (TPSA) is 52.6 Å². The van der Waals surface area contributed by atoms with Gasteiger partial charge < -0.3 is 9.47 Å². The van der Waals surface area contributed by atoms with Gasteiger partial charge in [0.15, 0.2) is 0 Å². The van der Waals surface area contributed by atoms with Crippen molar-refractivity contribution in [3.63, 3.8) is 0 Å². The molecule has 0 saturated heterocycles. The lowest BCUT2D eigenvalue weighted by molar-refractivity contribution is -0.145. The monoisotopic (exact) mass is 482 g/mol. The number of rotatable bonds is 26. The molecule has 0 fully saturated rings. The highest BCUT2D eigenvalue weighted by Gasteiger charge is 2.13. The van der Waals surface area contributed by atoms with E-state index in [9.17, 15) is 9.59 Å². The molecule has 4 heteroatoms. The van der Waals surface area contributed by atoms with Gasteiger partial charge in [0, 0.05) is 12.8 Å². The van der Waals surface area contributed by atoms with Crippen molar-refractivity contribution in [2.24, 2.45) is 5.92 Å². The summed E-state index contributed by atoms with van der Waals surface area (Å²) in [5, 5.41) is 0. The molecule has 0 heterocycles. The fraction of sp³-hybridized carbons (Fsp3) is 0.933. The fourth-order valence-electron chi connectivity index (χ4n) is 4.36. The number of carbonyl (C=O) groups excluding carboxylic acids is 2. The molecule has 0 amide bonds. The first kappa shape index (κ1) is 32.9. The number of ether oxygens (including phenoxy) is 2. The fourth-order valence-corrected chi connectivity index (χ4v) is 4.36. The molecule has 0 aliphatic carbocycles. The van der Waals surface area contributed by atoms with E-state index in [4.69, 9.17) is 9.47 Å². The van der Waals surface area contributed by atoms with Crippen LogP contribution in [0.1, 0.15) is 162 Å². The minimum absolute atomic E-state index is 0.00245. The molecule has 0 N–H and O–H groups in total. The standard InChI is InChI=1S/C30H58O4/c1-4-7-9-21-25-33-29(31)24-20-18-16-14-12-11-13-15-17-19-23-28(6-3)27-30(32)34-26-22-10-8-5-2/h28H,4-27H2,1-3H3. The second-order valence-electron chi connectivity index (χ2n) is 10.1. The van der Waals surface area contributed by atoms with Crippen LogP contribution in [0.25, 0.3) is 0 Å². The highest BCUT2D eigenvalue weighted by molar-refractivity contribution is 5.69. The molecule has 0 aromatic carbocycles. The molecule has 1 unspecified atom stereocenters. The Morgan fingerprint density at radius 1 is 0.529 bits per heavy atom. The maximum absolute atomic E-state index is 12.0. The summed E-state index contributed by atoms with van der Waals surface area (Å²) in [4.78, 5) is 23.7. The van der Waals surface area contributed by atoms with Crippen LogP contribution in [0.2, 0.25) is 0 Å². The van der Waals surface area contributed by atoms with Gasteiger partial charge >= 0.3 is 11.9 Å². The van der Waals surface area contributed by atoms with Crippen LogP contribution in [0, 0.1) is 5.92 Å². The average Bonchev–Trinajstić information content (AvgIpc) is 2.83. The summed E-state index contributed by atoms with van der Waals surface area (Å²) in [7, 11) is 0. The van der Waals surface area contributed by atoms with E-state index in [1.54, 1.807) is 0 Å². The zero-order valence-corrected chi connectivity index (χ0v) is 23.2. The first-order valence-electron chi connectivity index (χ1n) is 14.9. The Bertz CT molecular complexity index is 449. The van der Waals surface area contributed by atoms with E-state index in [1.165, 1.54) is 83.5 Å². The van der Waals surface area contributed by atoms with Crippen LogP contribution < -0.4 is 0 Å². The SMILES string of the molecule is CCCCCCOC(=O)CCCCCCCCCCCCC(CC)CC(=O)OCCCCCC. The van der Waals surface area contributed by atoms with Crippen LogP contribution >= 0.6 is 0 Å². The molecular formula is C30H58O4. The third-order valence-electron chi connectivity index (χ3n) is 6.80. The highest BCUT2D eigenvalue weighted by Crippen LogP contribution is 2.19. The molecule has 202 valence electrons. The lowest BCUT2D eigenvalue weighted by Crippen LogP contribution is -2.12. The smallest absolute Gasteiger partial charge is 0.306 e. The van der Waals surface area contributed by atoms with Crippen molar-refractivity contribution < 1.29 is 19.1 Å². The summed E-state index contributed by atoms with van der Waals surface area (Å²) >= 11 is 0. The maximum atomic E-state index is 12.0. The zero-order chi connectivity index (χ0) is 25.1. The zero-order valence-electron chi connectivity index (χ0n) is 23.2. The summed E-state index contributed by atoms with van der Waals surface area (Å²) in [5.74, 6) is 0.477.